The second-order valence-electron chi connectivity index (χ2n) is 7.97. The molecule has 2 aromatic rings. The number of anilines is 1. The molecule has 1 atom stereocenters. The second-order valence-corrected chi connectivity index (χ2v) is 10.9. The van der Waals surface area contributed by atoms with E-state index in [2.05, 4.69) is 5.32 Å². The summed E-state index contributed by atoms with van der Waals surface area (Å²) in [6.07, 6.45) is 0.692. The van der Waals surface area contributed by atoms with Gasteiger partial charge in [0.1, 0.15) is 18.4 Å². The molecule has 0 fully saturated rings. The summed E-state index contributed by atoms with van der Waals surface area (Å²) in [6.45, 7) is 2.99. The molecule has 35 heavy (non-hydrogen) atoms. The molecule has 2 aromatic carbocycles. The zero-order valence-corrected chi connectivity index (χ0v) is 22.3. The summed E-state index contributed by atoms with van der Waals surface area (Å²) < 4.78 is 42.2. The minimum absolute atomic E-state index is 0.0946. The number of hydrogen-bond donors (Lipinski definition) is 1. The summed E-state index contributed by atoms with van der Waals surface area (Å²) >= 11 is 12.3. The van der Waals surface area contributed by atoms with Crippen LogP contribution in [0.25, 0.3) is 0 Å². The van der Waals surface area contributed by atoms with Crippen LogP contribution in [0.5, 0.6) is 0 Å². The van der Waals surface area contributed by atoms with Gasteiger partial charge in [0, 0.05) is 37.2 Å². The van der Waals surface area contributed by atoms with Gasteiger partial charge in [-0.15, -0.1) is 0 Å². The molecule has 1 N–H and O–H groups in total. The zero-order valence-electron chi connectivity index (χ0n) is 20.0. The first-order valence-corrected chi connectivity index (χ1v) is 13.0. The number of carbonyl (C=O) groups excluding carboxylic acids is 2. The van der Waals surface area contributed by atoms with E-state index in [-0.39, 0.29) is 17.3 Å². The molecular formula is C23H29Cl2FN4O4S. The van der Waals surface area contributed by atoms with Crippen molar-refractivity contribution >= 4 is 50.9 Å². The van der Waals surface area contributed by atoms with Crippen molar-refractivity contribution in [2.75, 3.05) is 31.5 Å². The van der Waals surface area contributed by atoms with Gasteiger partial charge < -0.3 is 10.2 Å². The first-order valence-electron chi connectivity index (χ1n) is 10.9. The summed E-state index contributed by atoms with van der Waals surface area (Å²) in [4.78, 5) is 27.5. The zero-order chi connectivity index (χ0) is 26.3. The number of para-hydroxylation sites is 1. The van der Waals surface area contributed by atoms with E-state index >= 15 is 0 Å². The first kappa shape index (κ1) is 28.8. The standard InChI is InChI=1S/C23H29Cl2FN4O4S/c1-5-12-27-23(32)16(2)29(14-17-10-11-18(24)13-19(17)25)22(31)15-30(35(33,34)28(3)4)21-9-7-6-8-20(21)26/h6-11,13,16H,5,12,14-15H2,1-4H3,(H,27,32). The number of benzene rings is 2. The van der Waals surface area contributed by atoms with E-state index in [1.807, 2.05) is 6.92 Å². The van der Waals surface area contributed by atoms with Crippen molar-refractivity contribution in [3.8, 4) is 0 Å². The van der Waals surface area contributed by atoms with Crippen molar-refractivity contribution in [1.82, 2.24) is 14.5 Å². The molecule has 8 nitrogen and oxygen atoms in total. The summed E-state index contributed by atoms with van der Waals surface area (Å²) in [6, 6.07) is 8.99. The number of nitrogens with zero attached hydrogens (tertiary/aromatic N) is 3. The molecule has 0 aromatic heterocycles. The molecule has 0 saturated carbocycles. The van der Waals surface area contributed by atoms with Gasteiger partial charge in [-0.1, -0.05) is 48.3 Å². The van der Waals surface area contributed by atoms with Crippen LogP contribution in [0, 0.1) is 5.82 Å². The van der Waals surface area contributed by atoms with E-state index in [1.54, 1.807) is 12.1 Å². The minimum Gasteiger partial charge on any atom is -0.354 e. The average molecular weight is 547 g/mol. The number of carbonyl (C=O) groups is 2. The summed E-state index contributed by atoms with van der Waals surface area (Å²) in [5, 5.41) is 3.41. The van der Waals surface area contributed by atoms with Crippen molar-refractivity contribution < 1.29 is 22.4 Å². The van der Waals surface area contributed by atoms with Crippen LogP contribution in [0.2, 0.25) is 10.0 Å². The Balaban J connectivity index is 2.49. The fourth-order valence-corrected chi connectivity index (χ4v) is 4.70. The van der Waals surface area contributed by atoms with E-state index < -0.39 is 40.4 Å². The van der Waals surface area contributed by atoms with Crippen LogP contribution in [-0.4, -0.2) is 62.7 Å². The van der Waals surface area contributed by atoms with E-state index in [0.29, 0.717) is 27.9 Å². The lowest BCUT2D eigenvalue weighted by Gasteiger charge is -2.33. The first-order chi connectivity index (χ1) is 16.4. The number of halogens is 3. The van der Waals surface area contributed by atoms with Gasteiger partial charge in [0.25, 0.3) is 0 Å². The Kier molecular flexibility index (Phi) is 10.3. The lowest BCUT2D eigenvalue weighted by atomic mass is 10.1. The highest BCUT2D eigenvalue weighted by molar-refractivity contribution is 7.90. The molecule has 0 saturated heterocycles. The van der Waals surface area contributed by atoms with Crippen molar-refractivity contribution in [3.05, 3.63) is 63.9 Å². The SMILES string of the molecule is CCCNC(=O)C(C)N(Cc1ccc(Cl)cc1Cl)C(=O)CN(c1ccccc1F)S(=O)(=O)N(C)C. The third kappa shape index (κ3) is 7.30. The van der Waals surface area contributed by atoms with Gasteiger partial charge in [0.05, 0.1) is 5.69 Å². The minimum atomic E-state index is -4.25. The Morgan fingerprint density at radius 2 is 1.77 bits per heavy atom. The van der Waals surface area contributed by atoms with Crippen LogP contribution in [0.4, 0.5) is 10.1 Å². The van der Waals surface area contributed by atoms with E-state index in [4.69, 9.17) is 23.2 Å². The Morgan fingerprint density at radius 3 is 2.34 bits per heavy atom. The molecule has 1 unspecified atom stereocenters. The maximum absolute atomic E-state index is 14.6. The van der Waals surface area contributed by atoms with Gasteiger partial charge in [-0.2, -0.15) is 12.7 Å². The molecule has 0 aliphatic rings. The Labute approximate surface area is 215 Å². The van der Waals surface area contributed by atoms with Gasteiger partial charge in [0.15, 0.2) is 0 Å². The highest BCUT2D eigenvalue weighted by atomic mass is 35.5. The maximum Gasteiger partial charge on any atom is 0.304 e. The molecule has 0 bridgehead atoms. The van der Waals surface area contributed by atoms with Crippen LogP contribution in [-0.2, 0) is 26.3 Å². The highest BCUT2D eigenvalue weighted by Crippen LogP contribution is 2.26. The molecule has 0 aliphatic heterocycles. The molecule has 0 aliphatic carbocycles. The summed E-state index contributed by atoms with van der Waals surface area (Å²) in [7, 11) is -1.70. The molecule has 0 radical (unpaired) electrons. The lowest BCUT2D eigenvalue weighted by Crippen LogP contribution is -2.52. The quantitative estimate of drug-likeness (QED) is 0.465. The highest BCUT2D eigenvalue weighted by Gasteiger charge is 2.33. The largest absolute Gasteiger partial charge is 0.354 e. The number of nitrogens with one attached hydrogen (secondary N) is 1. The average Bonchev–Trinajstić information content (AvgIpc) is 2.80. The van der Waals surface area contributed by atoms with Gasteiger partial charge in [-0.05, 0) is 43.2 Å². The van der Waals surface area contributed by atoms with Gasteiger partial charge in [-0.3, -0.25) is 9.59 Å². The Morgan fingerprint density at radius 1 is 1.11 bits per heavy atom. The Bertz CT molecular complexity index is 1160. The van der Waals surface area contributed by atoms with Crippen LogP contribution >= 0.6 is 23.2 Å². The third-order valence-corrected chi connectivity index (χ3v) is 7.60. The maximum atomic E-state index is 14.6. The normalized spacial score (nSPS) is 12.3. The smallest absolute Gasteiger partial charge is 0.304 e. The van der Waals surface area contributed by atoms with Crippen LogP contribution < -0.4 is 9.62 Å². The van der Waals surface area contributed by atoms with Crippen LogP contribution in [0.15, 0.2) is 42.5 Å². The molecule has 0 heterocycles. The summed E-state index contributed by atoms with van der Waals surface area (Å²) in [5.74, 6) is -1.95. The third-order valence-electron chi connectivity index (χ3n) is 5.21. The number of amides is 2. The van der Waals surface area contributed by atoms with E-state index in [9.17, 15) is 22.4 Å². The van der Waals surface area contributed by atoms with Crippen molar-refractivity contribution in [3.63, 3.8) is 0 Å². The van der Waals surface area contributed by atoms with Crippen molar-refractivity contribution in [2.24, 2.45) is 0 Å². The van der Waals surface area contributed by atoms with Gasteiger partial charge in [0.2, 0.25) is 11.8 Å². The van der Waals surface area contributed by atoms with Gasteiger partial charge in [-0.25, -0.2) is 8.70 Å². The molecule has 0 spiro atoms. The Hall–Kier alpha value is -2.40. The molecule has 2 rings (SSSR count). The lowest BCUT2D eigenvalue weighted by molar-refractivity contribution is -0.139. The topological polar surface area (TPSA) is 90.0 Å². The van der Waals surface area contributed by atoms with Crippen LogP contribution in [0.1, 0.15) is 25.8 Å². The predicted octanol–water partition coefficient (Wildman–Crippen LogP) is 3.69. The fourth-order valence-electron chi connectivity index (χ4n) is 3.17. The van der Waals surface area contributed by atoms with Crippen molar-refractivity contribution in [1.29, 1.82) is 0 Å². The van der Waals surface area contributed by atoms with Crippen molar-refractivity contribution in [2.45, 2.75) is 32.9 Å². The van der Waals surface area contributed by atoms with E-state index in [0.717, 1.165) is 10.4 Å². The molecule has 2 amide bonds. The molecular weight excluding hydrogens is 518 g/mol. The van der Waals surface area contributed by atoms with Gasteiger partial charge >= 0.3 is 10.2 Å². The predicted molar refractivity (Wildman–Crippen MR) is 136 cm³/mol. The number of hydrogen-bond acceptors (Lipinski definition) is 4. The molecule has 192 valence electrons. The second kappa shape index (κ2) is 12.5. The fraction of sp³-hybridized carbons (Fsp3) is 0.391. The van der Waals surface area contributed by atoms with E-state index in [1.165, 1.54) is 50.2 Å². The van der Waals surface area contributed by atoms with Crippen LogP contribution in [0.3, 0.4) is 0 Å². The molecule has 12 heteroatoms. The number of rotatable bonds is 11. The monoisotopic (exact) mass is 546 g/mol. The summed E-state index contributed by atoms with van der Waals surface area (Å²) in [5.41, 5.74) is 0.217.